The molecule has 3 rings (SSSR count). The van der Waals surface area contributed by atoms with Crippen molar-refractivity contribution in [3.05, 3.63) is 16.0 Å². The largest absolute Gasteiger partial charge is 0.365 e. The van der Waals surface area contributed by atoms with Crippen LogP contribution in [-0.2, 0) is 17.6 Å². The van der Waals surface area contributed by atoms with E-state index < -0.39 is 15.7 Å². The van der Waals surface area contributed by atoms with E-state index in [4.69, 9.17) is 28.9 Å². The number of carbonyl (C=O) groups excluding carboxylic acids is 2. The predicted molar refractivity (Wildman–Crippen MR) is 94.4 cm³/mol. The summed E-state index contributed by atoms with van der Waals surface area (Å²) in [4.78, 5) is 25.6. The Balaban J connectivity index is 1.90. The fourth-order valence-electron chi connectivity index (χ4n) is 3.24. The van der Waals surface area contributed by atoms with Crippen molar-refractivity contribution in [2.24, 2.45) is 17.1 Å². The van der Waals surface area contributed by atoms with Crippen LogP contribution in [0.15, 0.2) is 0 Å². The fraction of sp³-hybridized carbons (Fsp3) is 0.625. The van der Waals surface area contributed by atoms with Crippen LogP contribution < -0.4 is 11.1 Å². The number of amides is 2. The van der Waals surface area contributed by atoms with Crippen LogP contribution in [-0.4, -0.2) is 16.1 Å². The van der Waals surface area contributed by atoms with Gasteiger partial charge in [-0.25, -0.2) is 0 Å². The van der Waals surface area contributed by atoms with E-state index in [1.807, 2.05) is 0 Å². The molecule has 1 aromatic heterocycles. The van der Waals surface area contributed by atoms with E-state index in [-0.39, 0.29) is 5.91 Å². The molecule has 1 fully saturated rings. The van der Waals surface area contributed by atoms with Crippen molar-refractivity contribution in [3.8, 4) is 0 Å². The molecule has 126 valence electrons. The van der Waals surface area contributed by atoms with Crippen molar-refractivity contribution >= 4 is 51.4 Å². The molecule has 0 spiro atoms. The molecule has 0 bridgehead atoms. The Morgan fingerprint density at radius 1 is 1.43 bits per heavy atom. The van der Waals surface area contributed by atoms with Gasteiger partial charge in [0.15, 0.2) is 0 Å². The van der Waals surface area contributed by atoms with Gasteiger partial charge in [0, 0.05) is 4.88 Å². The highest BCUT2D eigenvalue weighted by atomic mass is 35.5. The summed E-state index contributed by atoms with van der Waals surface area (Å²) in [5.41, 5.74) is 6.22. The molecule has 0 radical (unpaired) electrons. The van der Waals surface area contributed by atoms with Crippen LogP contribution in [0.1, 0.15) is 53.9 Å². The molecule has 0 aliphatic heterocycles. The zero-order chi connectivity index (χ0) is 17.0. The molecule has 2 unspecified atom stereocenters. The molecule has 1 aromatic rings. The molecule has 7 heteroatoms. The lowest BCUT2D eigenvalue weighted by Crippen LogP contribution is -2.27. The normalized spacial score (nSPS) is 28.1. The number of anilines is 1. The summed E-state index contributed by atoms with van der Waals surface area (Å²) in [6, 6.07) is 0. The fourth-order valence-corrected chi connectivity index (χ4v) is 5.31. The van der Waals surface area contributed by atoms with Gasteiger partial charge in [-0.05, 0) is 44.1 Å². The van der Waals surface area contributed by atoms with E-state index in [1.165, 1.54) is 11.3 Å². The minimum Gasteiger partial charge on any atom is -0.365 e. The van der Waals surface area contributed by atoms with Crippen LogP contribution in [0.25, 0.3) is 0 Å². The lowest BCUT2D eigenvalue weighted by atomic mass is 9.85. The number of nitrogens with two attached hydrogens (primary N) is 1. The first-order valence-corrected chi connectivity index (χ1v) is 9.40. The van der Waals surface area contributed by atoms with Crippen LogP contribution in [0, 0.1) is 11.3 Å². The summed E-state index contributed by atoms with van der Waals surface area (Å²) in [6.07, 6.45) is 4.36. The number of hydrogen-bond acceptors (Lipinski definition) is 3. The lowest BCUT2D eigenvalue weighted by Gasteiger charge is -2.20. The van der Waals surface area contributed by atoms with Crippen molar-refractivity contribution in [3.63, 3.8) is 0 Å². The quantitative estimate of drug-likeness (QED) is 0.784. The van der Waals surface area contributed by atoms with Gasteiger partial charge < -0.3 is 11.1 Å². The van der Waals surface area contributed by atoms with Crippen LogP contribution >= 0.6 is 34.5 Å². The highest BCUT2D eigenvalue weighted by Gasteiger charge is 2.68. The standard InChI is InChI=1S/C16H20Cl2N2O2S/c1-3-8-4-5-9-10(6-8)23-13(11(9)12(19)21)20-14(22)15(2)7-16(15,17)18/h8H,3-7H2,1-2H3,(H2,19,21)(H,20,22). The van der Waals surface area contributed by atoms with Gasteiger partial charge in [0.25, 0.3) is 5.91 Å². The van der Waals surface area contributed by atoms with Gasteiger partial charge in [-0.1, -0.05) is 13.3 Å². The summed E-state index contributed by atoms with van der Waals surface area (Å²) in [5, 5.41) is 3.39. The van der Waals surface area contributed by atoms with E-state index in [1.54, 1.807) is 6.92 Å². The second kappa shape index (κ2) is 5.64. The van der Waals surface area contributed by atoms with Crippen molar-refractivity contribution in [2.45, 2.75) is 50.3 Å². The first-order chi connectivity index (χ1) is 10.7. The molecule has 2 aliphatic rings. The number of nitrogens with one attached hydrogen (secondary N) is 1. The minimum atomic E-state index is -1.03. The first kappa shape index (κ1) is 17.1. The molecule has 1 heterocycles. The van der Waals surface area contributed by atoms with Crippen LogP contribution in [0.3, 0.4) is 0 Å². The highest BCUT2D eigenvalue weighted by molar-refractivity contribution is 7.17. The Morgan fingerprint density at radius 2 is 2.09 bits per heavy atom. The molecule has 2 aliphatic carbocycles. The van der Waals surface area contributed by atoms with E-state index in [2.05, 4.69) is 12.2 Å². The average molecular weight is 375 g/mol. The molecular formula is C16H20Cl2N2O2S. The van der Waals surface area contributed by atoms with Crippen molar-refractivity contribution in [1.82, 2.24) is 0 Å². The first-order valence-electron chi connectivity index (χ1n) is 7.83. The van der Waals surface area contributed by atoms with Crippen LogP contribution in [0.5, 0.6) is 0 Å². The number of carbonyl (C=O) groups is 2. The third-order valence-corrected chi connectivity index (χ3v) is 7.45. The Labute approximate surface area is 149 Å². The van der Waals surface area contributed by atoms with Gasteiger partial charge in [0.2, 0.25) is 5.91 Å². The molecule has 0 saturated heterocycles. The van der Waals surface area contributed by atoms with Gasteiger partial charge in [0.1, 0.15) is 9.33 Å². The van der Waals surface area contributed by atoms with Crippen molar-refractivity contribution in [2.75, 3.05) is 5.32 Å². The van der Waals surface area contributed by atoms with E-state index in [0.717, 1.165) is 36.1 Å². The van der Waals surface area contributed by atoms with Crippen molar-refractivity contribution < 1.29 is 9.59 Å². The second-order valence-electron chi connectivity index (χ2n) is 6.76. The maximum Gasteiger partial charge on any atom is 0.251 e. The van der Waals surface area contributed by atoms with Gasteiger partial charge in [0.05, 0.1) is 11.0 Å². The maximum absolute atomic E-state index is 12.5. The summed E-state index contributed by atoms with van der Waals surface area (Å²) < 4.78 is -1.03. The maximum atomic E-state index is 12.5. The predicted octanol–water partition coefficient (Wildman–Crippen LogP) is 3.88. The highest BCUT2D eigenvalue weighted by Crippen LogP contribution is 2.64. The third kappa shape index (κ3) is 2.77. The molecule has 4 nitrogen and oxygen atoms in total. The summed E-state index contributed by atoms with van der Waals surface area (Å²) in [6.45, 7) is 3.91. The Morgan fingerprint density at radius 3 is 2.61 bits per heavy atom. The number of primary amides is 1. The van der Waals surface area contributed by atoms with E-state index >= 15 is 0 Å². The van der Waals surface area contributed by atoms with Gasteiger partial charge in [-0.15, -0.1) is 34.5 Å². The van der Waals surface area contributed by atoms with Crippen LogP contribution in [0.4, 0.5) is 5.00 Å². The monoisotopic (exact) mass is 374 g/mol. The molecular weight excluding hydrogens is 355 g/mol. The smallest absolute Gasteiger partial charge is 0.251 e. The molecule has 1 saturated carbocycles. The second-order valence-corrected chi connectivity index (χ2v) is 9.35. The van der Waals surface area contributed by atoms with E-state index in [9.17, 15) is 9.59 Å². The minimum absolute atomic E-state index is 0.254. The molecule has 3 N–H and O–H groups in total. The molecule has 0 aromatic carbocycles. The number of alkyl halides is 2. The zero-order valence-corrected chi connectivity index (χ0v) is 15.5. The molecule has 2 atom stereocenters. The molecule has 23 heavy (non-hydrogen) atoms. The van der Waals surface area contributed by atoms with Gasteiger partial charge in [-0.3, -0.25) is 9.59 Å². The van der Waals surface area contributed by atoms with E-state index in [0.29, 0.717) is 22.9 Å². The Bertz CT molecular complexity index is 686. The SMILES string of the molecule is CCC1CCc2c(sc(NC(=O)C3(C)CC3(Cl)Cl)c2C(N)=O)C1. The number of thiophene rings is 1. The van der Waals surface area contributed by atoms with Gasteiger partial charge >= 0.3 is 0 Å². The van der Waals surface area contributed by atoms with Crippen LogP contribution in [0.2, 0.25) is 0 Å². The lowest BCUT2D eigenvalue weighted by molar-refractivity contribution is -0.120. The number of rotatable bonds is 4. The topological polar surface area (TPSA) is 72.2 Å². The molecule has 2 amide bonds. The zero-order valence-electron chi connectivity index (χ0n) is 13.2. The number of halogens is 2. The summed E-state index contributed by atoms with van der Waals surface area (Å²) in [7, 11) is 0. The number of fused-ring (bicyclic) bond motifs is 1. The Kier molecular flexibility index (Phi) is 4.18. The summed E-state index contributed by atoms with van der Waals surface area (Å²) in [5.74, 6) is -0.114. The van der Waals surface area contributed by atoms with Gasteiger partial charge in [-0.2, -0.15) is 0 Å². The third-order valence-electron chi connectivity index (χ3n) is 5.18. The average Bonchev–Trinajstić information content (AvgIpc) is 2.84. The number of hydrogen-bond donors (Lipinski definition) is 2. The summed E-state index contributed by atoms with van der Waals surface area (Å²) >= 11 is 13.6. The Hall–Kier alpha value is -0.780. The van der Waals surface area contributed by atoms with Crippen molar-refractivity contribution in [1.29, 1.82) is 0 Å².